The van der Waals surface area contributed by atoms with Crippen LogP contribution in [0.3, 0.4) is 0 Å². The van der Waals surface area contributed by atoms with Gasteiger partial charge in [0, 0.05) is 13.0 Å². The molecule has 0 aliphatic carbocycles. The number of fused-ring (bicyclic) bond motifs is 1. The van der Waals surface area contributed by atoms with Gasteiger partial charge in [0.2, 0.25) is 0 Å². The molecule has 0 saturated heterocycles. The molecule has 3 heteroatoms. The Morgan fingerprint density at radius 1 is 1.32 bits per heavy atom. The molecule has 0 spiro atoms. The number of aromatic nitrogens is 2. The summed E-state index contributed by atoms with van der Waals surface area (Å²) in [6.45, 7) is 6.65. The number of allylic oxidation sites excluding steroid dienone is 1. The van der Waals surface area contributed by atoms with E-state index in [-0.39, 0.29) is 5.56 Å². The third kappa shape index (κ3) is 2.92. The van der Waals surface area contributed by atoms with Crippen molar-refractivity contribution in [1.29, 1.82) is 0 Å². The molecule has 0 amide bonds. The Morgan fingerprint density at radius 2 is 2.11 bits per heavy atom. The summed E-state index contributed by atoms with van der Waals surface area (Å²) in [5, 5.41) is 0.701. The van der Waals surface area contributed by atoms with Gasteiger partial charge in [-0.2, -0.15) is 0 Å². The average Bonchev–Trinajstić information content (AvgIpc) is 2.43. The highest BCUT2D eigenvalue weighted by atomic mass is 16.1. The first-order valence-electron chi connectivity index (χ1n) is 6.87. The highest BCUT2D eigenvalue weighted by molar-refractivity contribution is 5.77. The monoisotopic (exact) mass is 256 g/mol. The van der Waals surface area contributed by atoms with Crippen LogP contribution in [0.25, 0.3) is 10.9 Å². The summed E-state index contributed by atoms with van der Waals surface area (Å²) in [6.07, 6.45) is 5.72. The minimum atomic E-state index is 0.0681. The van der Waals surface area contributed by atoms with Crippen molar-refractivity contribution < 1.29 is 0 Å². The van der Waals surface area contributed by atoms with Gasteiger partial charge >= 0.3 is 0 Å². The number of para-hydroxylation sites is 1. The molecule has 0 aliphatic heterocycles. The van der Waals surface area contributed by atoms with Gasteiger partial charge in [-0.05, 0) is 18.6 Å². The minimum Gasteiger partial charge on any atom is -0.296 e. The van der Waals surface area contributed by atoms with Crippen molar-refractivity contribution in [3.63, 3.8) is 0 Å². The van der Waals surface area contributed by atoms with Crippen LogP contribution >= 0.6 is 0 Å². The minimum absolute atomic E-state index is 0.0681. The number of unbranched alkanes of at least 4 members (excludes halogenated alkanes) is 2. The summed E-state index contributed by atoms with van der Waals surface area (Å²) >= 11 is 0. The first-order chi connectivity index (χ1) is 9.27. The third-order valence-corrected chi connectivity index (χ3v) is 3.25. The van der Waals surface area contributed by atoms with Gasteiger partial charge in [0.05, 0.1) is 10.9 Å². The number of benzene rings is 1. The molecule has 0 aliphatic rings. The zero-order valence-electron chi connectivity index (χ0n) is 11.4. The van der Waals surface area contributed by atoms with Gasteiger partial charge in [-0.3, -0.25) is 9.36 Å². The average molecular weight is 256 g/mol. The van der Waals surface area contributed by atoms with Crippen LogP contribution in [-0.2, 0) is 13.0 Å². The van der Waals surface area contributed by atoms with Crippen LogP contribution < -0.4 is 5.56 Å². The molecule has 0 fully saturated rings. The Morgan fingerprint density at radius 3 is 2.84 bits per heavy atom. The van der Waals surface area contributed by atoms with Crippen LogP contribution in [0.4, 0.5) is 0 Å². The molecule has 3 nitrogen and oxygen atoms in total. The van der Waals surface area contributed by atoms with Crippen molar-refractivity contribution in [2.75, 3.05) is 0 Å². The van der Waals surface area contributed by atoms with Crippen molar-refractivity contribution in [1.82, 2.24) is 9.55 Å². The molecule has 2 aromatic rings. The van der Waals surface area contributed by atoms with Gasteiger partial charge < -0.3 is 0 Å². The summed E-state index contributed by atoms with van der Waals surface area (Å²) in [5.74, 6) is 0.815. The van der Waals surface area contributed by atoms with E-state index in [1.54, 1.807) is 10.6 Å². The number of nitrogens with zero attached hydrogens (tertiary/aromatic N) is 2. The number of hydrogen-bond donors (Lipinski definition) is 0. The molecular weight excluding hydrogens is 236 g/mol. The molecular formula is C16H20N2O. The van der Waals surface area contributed by atoms with E-state index in [1.165, 1.54) is 0 Å². The first-order valence-corrected chi connectivity index (χ1v) is 6.87. The number of rotatable bonds is 6. The van der Waals surface area contributed by atoms with Gasteiger partial charge in [0.1, 0.15) is 5.82 Å². The maximum atomic E-state index is 12.5. The van der Waals surface area contributed by atoms with E-state index in [4.69, 9.17) is 0 Å². The van der Waals surface area contributed by atoms with Gasteiger partial charge in [0.15, 0.2) is 0 Å². The highest BCUT2D eigenvalue weighted by Gasteiger charge is 2.09. The summed E-state index contributed by atoms with van der Waals surface area (Å²) in [4.78, 5) is 17.1. The summed E-state index contributed by atoms with van der Waals surface area (Å²) < 4.78 is 1.81. The van der Waals surface area contributed by atoms with Crippen LogP contribution in [0.1, 0.15) is 32.0 Å². The molecule has 0 saturated carbocycles. The van der Waals surface area contributed by atoms with E-state index in [0.29, 0.717) is 11.8 Å². The van der Waals surface area contributed by atoms with E-state index in [0.717, 1.165) is 37.1 Å². The van der Waals surface area contributed by atoms with E-state index in [2.05, 4.69) is 18.5 Å². The molecule has 19 heavy (non-hydrogen) atoms. The van der Waals surface area contributed by atoms with Crippen molar-refractivity contribution in [3.8, 4) is 0 Å². The Bertz CT molecular complexity index is 628. The van der Waals surface area contributed by atoms with Crippen LogP contribution in [0.5, 0.6) is 0 Å². The van der Waals surface area contributed by atoms with Crippen LogP contribution in [0, 0.1) is 0 Å². The molecule has 1 aromatic heterocycles. The van der Waals surface area contributed by atoms with Gasteiger partial charge in [-0.15, -0.1) is 6.58 Å². The SMILES string of the molecule is C=CCc1nc2ccccc2c(=O)n1CCCCC. The van der Waals surface area contributed by atoms with E-state index < -0.39 is 0 Å². The molecule has 0 N–H and O–H groups in total. The maximum absolute atomic E-state index is 12.5. The summed E-state index contributed by atoms with van der Waals surface area (Å²) in [5.41, 5.74) is 0.842. The quantitative estimate of drug-likeness (QED) is 0.587. The second-order valence-corrected chi connectivity index (χ2v) is 4.70. The molecule has 2 rings (SSSR count). The van der Waals surface area contributed by atoms with Crippen LogP contribution in [0.15, 0.2) is 41.7 Å². The predicted molar refractivity (Wildman–Crippen MR) is 79.4 cm³/mol. The molecule has 100 valence electrons. The fourth-order valence-electron chi connectivity index (χ4n) is 2.25. The second kappa shape index (κ2) is 6.32. The van der Waals surface area contributed by atoms with Gasteiger partial charge in [0.25, 0.3) is 5.56 Å². The lowest BCUT2D eigenvalue weighted by atomic mass is 10.2. The van der Waals surface area contributed by atoms with Gasteiger partial charge in [-0.25, -0.2) is 4.98 Å². The molecule has 1 heterocycles. The van der Waals surface area contributed by atoms with Crippen molar-refractivity contribution in [2.24, 2.45) is 0 Å². The lowest BCUT2D eigenvalue weighted by molar-refractivity contribution is 0.565. The predicted octanol–water partition coefficient (Wildman–Crippen LogP) is 3.32. The van der Waals surface area contributed by atoms with E-state index in [9.17, 15) is 4.79 Å². The normalized spacial score (nSPS) is 10.8. The van der Waals surface area contributed by atoms with Crippen LogP contribution in [-0.4, -0.2) is 9.55 Å². The maximum Gasteiger partial charge on any atom is 0.261 e. The molecule has 0 bridgehead atoms. The molecule has 0 unspecified atom stereocenters. The number of hydrogen-bond acceptors (Lipinski definition) is 2. The fraction of sp³-hybridized carbons (Fsp3) is 0.375. The van der Waals surface area contributed by atoms with Crippen molar-refractivity contribution >= 4 is 10.9 Å². The fourth-order valence-corrected chi connectivity index (χ4v) is 2.25. The van der Waals surface area contributed by atoms with E-state index >= 15 is 0 Å². The topological polar surface area (TPSA) is 34.9 Å². The second-order valence-electron chi connectivity index (χ2n) is 4.70. The molecule has 0 atom stereocenters. The Hall–Kier alpha value is -1.90. The highest BCUT2D eigenvalue weighted by Crippen LogP contribution is 2.09. The lowest BCUT2D eigenvalue weighted by Gasteiger charge is -2.12. The van der Waals surface area contributed by atoms with Crippen molar-refractivity contribution in [2.45, 2.75) is 39.2 Å². The molecule has 0 radical (unpaired) electrons. The first kappa shape index (κ1) is 13.5. The van der Waals surface area contributed by atoms with Crippen LogP contribution in [0.2, 0.25) is 0 Å². The van der Waals surface area contributed by atoms with Crippen molar-refractivity contribution in [3.05, 3.63) is 53.1 Å². The molecule has 1 aromatic carbocycles. The van der Waals surface area contributed by atoms with Gasteiger partial charge in [-0.1, -0.05) is 38.0 Å². The Kier molecular flexibility index (Phi) is 4.50. The lowest BCUT2D eigenvalue weighted by Crippen LogP contribution is -2.25. The standard InChI is InChI=1S/C16H20N2O/c1-3-5-8-12-18-15(9-4-2)17-14-11-7-6-10-13(14)16(18)19/h4,6-7,10-11H,2-3,5,8-9,12H2,1H3. The Labute approximate surface area is 113 Å². The Balaban J connectivity index is 2.50. The summed E-state index contributed by atoms with van der Waals surface area (Å²) in [7, 11) is 0. The third-order valence-electron chi connectivity index (χ3n) is 3.25. The van der Waals surface area contributed by atoms with E-state index in [1.807, 2.05) is 24.3 Å². The zero-order chi connectivity index (χ0) is 13.7. The zero-order valence-corrected chi connectivity index (χ0v) is 11.4. The summed E-state index contributed by atoms with van der Waals surface area (Å²) in [6, 6.07) is 7.53. The smallest absolute Gasteiger partial charge is 0.261 e. The largest absolute Gasteiger partial charge is 0.296 e.